The van der Waals surface area contributed by atoms with Crippen molar-refractivity contribution in [3.8, 4) is 11.3 Å². The zero-order valence-corrected chi connectivity index (χ0v) is 16.8. The van der Waals surface area contributed by atoms with Crippen molar-refractivity contribution in [3.05, 3.63) is 70.8 Å². The van der Waals surface area contributed by atoms with Crippen LogP contribution in [0.2, 0.25) is 5.02 Å². The number of aromatic nitrogens is 3. The molecule has 0 atom stereocenters. The highest BCUT2D eigenvalue weighted by atomic mass is 35.5. The second-order valence-corrected chi connectivity index (χ2v) is 8.96. The predicted molar refractivity (Wildman–Crippen MR) is 107 cm³/mol. The molecule has 0 spiro atoms. The Bertz CT molecular complexity index is 1290. The average molecular weight is 414 g/mol. The van der Waals surface area contributed by atoms with Crippen molar-refractivity contribution < 1.29 is 12.9 Å². The molecular weight excluding hydrogens is 398 g/mol. The molecule has 2 aromatic heterocycles. The molecule has 0 unspecified atom stereocenters. The molecule has 0 aliphatic rings. The molecule has 4 rings (SSSR count). The van der Waals surface area contributed by atoms with E-state index in [1.54, 1.807) is 18.2 Å². The van der Waals surface area contributed by atoms with Gasteiger partial charge in [-0.3, -0.25) is 0 Å². The molecule has 0 saturated carbocycles. The zero-order valence-electron chi connectivity index (χ0n) is 15.2. The van der Waals surface area contributed by atoms with E-state index in [2.05, 4.69) is 15.1 Å². The van der Waals surface area contributed by atoms with Crippen molar-refractivity contribution in [2.75, 3.05) is 0 Å². The van der Waals surface area contributed by atoms with Gasteiger partial charge in [0.15, 0.2) is 9.84 Å². The summed E-state index contributed by atoms with van der Waals surface area (Å²) < 4.78 is 30.1. The molecular formula is C20H16ClN3O3S. The number of benzene rings is 2. The predicted octanol–water partition coefficient (Wildman–Crippen LogP) is 4.53. The summed E-state index contributed by atoms with van der Waals surface area (Å²) in [5.74, 6) is -0.234. The Morgan fingerprint density at radius 3 is 2.61 bits per heavy atom. The highest BCUT2D eigenvalue weighted by molar-refractivity contribution is 7.90. The third-order valence-electron chi connectivity index (χ3n) is 4.56. The summed E-state index contributed by atoms with van der Waals surface area (Å²) in [5, 5.41) is 5.14. The summed E-state index contributed by atoms with van der Waals surface area (Å²) in [6.45, 7) is 3.90. The molecule has 2 heterocycles. The number of halogens is 1. The molecule has 0 bridgehead atoms. The van der Waals surface area contributed by atoms with Gasteiger partial charge in [0.2, 0.25) is 0 Å². The monoisotopic (exact) mass is 413 g/mol. The summed E-state index contributed by atoms with van der Waals surface area (Å²) in [7, 11) is -3.57. The van der Waals surface area contributed by atoms with Gasteiger partial charge in [-0.15, -0.1) is 0 Å². The Morgan fingerprint density at radius 1 is 1.04 bits per heavy atom. The van der Waals surface area contributed by atoms with Crippen molar-refractivity contribution >= 4 is 32.3 Å². The average Bonchev–Trinajstić information content (AvgIpc) is 3.16. The largest absolute Gasteiger partial charge is 0.364 e. The number of fused-ring (bicyclic) bond motifs is 1. The molecule has 0 amide bonds. The molecule has 6 nitrogen and oxygen atoms in total. The van der Waals surface area contributed by atoms with E-state index < -0.39 is 9.84 Å². The minimum atomic E-state index is -3.57. The summed E-state index contributed by atoms with van der Waals surface area (Å²) >= 11 is 6.21. The van der Waals surface area contributed by atoms with Crippen molar-refractivity contribution in [1.29, 1.82) is 0 Å². The molecule has 28 heavy (non-hydrogen) atoms. The Kier molecular flexibility index (Phi) is 4.64. The van der Waals surface area contributed by atoms with E-state index in [-0.39, 0.29) is 10.6 Å². The second-order valence-electron chi connectivity index (χ2n) is 6.57. The Labute approximate surface area is 167 Å². The fourth-order valence-corrected chi connectivity index (χ4v) is 4.56. The van der Waals surface area contributed by atoms with E-state index >= 15 is 0 Å². The topological polar surface area (TPSA) is 86.0 Å². The number of rotatable bonds is 4. The third kappa shape index (κ3) is 3.39. The van der Waals surface area contributed by atoms with Crippen LogP contribution in [0.5, 0.6) is 0 Å². The highest BCUT2D eigenvalue weighted by Crippen LogP contribution is 2.32. The maximum atomic E-state index is 12.7. The van der Waals surface area contributed by atoms with Gasteiger partial charge in [0.05, 0.1) is 21.8 Å². The summed E-state index contributed by atoms with van der Waals surface area (Å²) in [6.07, 6.45) is 2.79. The smallest absolute Gasteiger partial charge is 0.184 e. The minimum absolute atomic E-state index is 0.177. The summed E-state index contributed by atoms with van der Waals surface area (Å²) in [4.78, 5) is 8.89. The lowest BCUT2D eigenvalue weighted by molar-refractivity contribution is 0.413. The Hall–Kier alpha value is -2.77. The first-order valence-electron chi connectivity index (χ1n) is 8.49. The maximum Gasteiger partial charge on any atom is 0.184 e. The van der Waals surface area contributed by atoms with Gasteiger partial charge < -0.3 is 4.52 Å². The van der Waals surface area contributed by atoms with Crippen LogP contribution in [0.3, 0.4) is 0 Å². The standard InChI is InChI=1S/C20H16ClN3O3S/c1-12-8-18(21)13(2)7-17(12)20-16-4-3-15(9-19(16)22-11-23-20)28(25,26)10-14-5-6-27-24-14/h3-9,11H,10H2,1-2H3. The van der Waals surface area contributed by atoms with Crippen molar-refractivity contribution in [2.45, 2.75) is 24.5 Å². The van der Waals surface area contributed by atoms with Gasteiger partial charge in [0, 0.05) is 22.0 Å². The van der Waals surface area contributed by atoms with Crippen LogP contribution in [0.25, 0.3) is 22.2 Å². The quantitative estimate of drug-likeness (QED) is 0.488. The van der Waals surface area contributed by atoms with Gasteiger partial charge in [-0.25, -0.2) is 18.4 Å². The minimum Gasteiger partial charge on any atom is -0.364 e. The Balaban J connectivity index is 1.82. The van der Waals surface area contributed by atoms with Gasteiger partial charge in [-0.2, -0.15) is 0 Å². The van der Waals surface area contributed by atoms with E-state index in [4.69, 9.17) is 16.1 Å². The lowest BCUT2D eigenvalue weighted by Gasteiger charge is -2.11. The number of sulfone groups is 1. The van der Waals surface area contributed by atoms with Gasteiger partial charge in [0.25, 0.3) is 0 Å². The highest BCUT2D eigenvalue weighted by Gasteiger charge is 2.19. The molecule has 0 aliphatic heterocycles. The first-order chi connectivity index (χ1) is 13.3. The van der Waals surface area contributed by atoms with Crippen LogP contribution in [0, 0.1) is 13.8 Å². The molecule has 2 aromatic carbocycles. The molecule has 4 aromatic rings. The zero-order chi connectivity index (χ0) is 19.9. The molecule has 0 saturated heterocycles. The van der Waals surface area contributed by atoms with Crippen LogP contribution in [-0.2, 0) is 15.6 Å². The lowest BCUT2D eigenvalue weighted by Crippen LogP contribution is -2.05. The molecule has 8 heteroatoms. The number of hydrogen-bond donors (Lipinski definition) is 0. The van der Waals surface area contributed by atoms with Gasteiger partial charge in [-0.1, -0.05) is 16.8 Å². The maximum absolute atomic E-state index is 12.7. The number of aryl methyl sites for hydroxylation is 2. The fraction of sp³-hybridized carbons (Fsp3) is 0.150. The van der Waals surface area contributed by atoms with E-state index in [0.717, 1.165) is 27.8 Å². The second kappa shape index (κ2) is 7.00. The molecule has 0 fully saturated rings. The summed E-state index contributed by atoms with van der Waals surface area (Å²) in [5.41, 5.74) is 4.52. The first kappa shape index (κ1) is 18.6. The number of nitrogens with zero attached hydrogens (tertiary/aromatic N) is 3. The normalized spacial score (nSPS) is 11.8. The third-order valence-corrected chi connectivity index (χ3v) is 6.61. The molecule has 0 radical (unpaired) electrons. The van der Waals surface area contributed by atoms with Crippen molar-refractivity contribution in [1.82, 2.24) is 15.1 Å². The molecule has 142 valence electrons. The van der Waals surface area contributed by atoms with Crippen LogP contribution in [0.4, 0.5) is 0 Å². The SMILES string of the molecule is Cc1cc(-c2ncnc3cc(S(=O)(=O)Cc4ccon4)ccc23)c(C)cc1Cl. The number of hydrogen-bond acceptors (Lipinski definition) is 6. The Morgan fingerprint density at radius 2 is 1.86 bits per heavy atom. The van der Waals surface area contributed by atoms with Gasteiger partial charge >= 0.3 is 0 Å². The van der Waals surface area contributed by atoms with Gasteiger partial charge in [-0.05, 0) is 55.3 Å². The van der Waals surface area contributed by atoms with E-state index in [0.29, 0.717) is 16.2 Å². The molecule has 0 N–H and O–H groups in total. The van der Waals surface area contributed by atoms with Crippen LogP contribution >= 0.6 is 11.6 Å². The molecule has 0 aliphatic carbocycles. The van der Waals surface area contributed by atoms with Crippen LogP contribution in [0.15, 0.2) is 58.4 Å². The van der Waals surface area contributed by atoms with Crippen LogP contribution in [0.1, 0.15) is 16.8 Å². The van der Waals surface area contributed by atoms with Crippen molar-refractivity contribution in [2.24, 2.45) is 0 Å². The van der Waals surface area contributed by atoms with E-state index in [1.165, 1.54) is 18.7 Å². The summed E-state index contributed by atoms with van der Waals surface area (Å²) in [6, 6.07) is 10.3. The van der Waals surface area contributed by atoms with Crippen molar-refractivity contribution in [3.63, 3.8) is 0 Å². The lowest BCUT2D eigenvalue weighted by atomic mass is 9.99. The van der Waals surface area contributed by atoms with Gasteiger partial charge in [0.1, 0.15) is 18.3 Å². The van der Waals surface area contributed by atoms with Crippen LogP contribution < -0.4 is 0 Å². The van der Waals surface area contributed by atoms with Crippen LogP contribution in [-0.4, -0.2) is 23.5 Å². The van der Waals surface area contributed by atoms with E-state index in [9.17, 15) is 8.42 Å². The first-order valence-corrected chi connectivity index (χ1v) is 10.5. The van der Waals surface area contributed by atoms with E-state index in [1.807, 2.05) is 26.0 Å². The fourth-order valence-electron chi connectivity index (χ4n) is 3.07.